The Labute approximate surface area is 120 Å². The number of carbonyl (C=O) groups excluding carboxylic acids is 1. The molecule has 0 amide bonds. The minimum absolute atomic E-state index is 0.267. The van der Waals surface area contributed by atoms with Crippen LogP contribution in [0.25, 0.3) is 11.1 Å². The fraction of sp³-hybridized carbons (Fsp3) is 0.278. The van der Waals surface area contributed by atoms with Gasteiger partial charge in [-0.05, 0) is 62.1 Å². The molecule has 2 heteroatoms. The van der Waals surface area contributed by atoms with Crippen LogP contribution in [0.1, 0.15) is 34.0 Å². The molecular weight excluding hydrogens is 248 g/mol. The first kappa shape index (κ1) is 14.3. The van der Waals surface area contributed by atoms with E-state index in [9.17, 15) is 4.79 Å². The summed E-state index contributed by atoms with van der Waals surface area (Å²) in [6.45, 7) is 8.55. The van der Waals surface area contributed by atoms with Gasteiger partial charge < -0.3 is 4.74 Å². The Kier molecular flexibility index (Phi) is 4.23. The van der Waals surface area contributed by atoms with E-state index in [1.807, 2.05) is 31.2 Å². The van der Waals surface area contributed by atoms with Crippen molar-refractivity contribution in [3.8, 4) is 11.1 Å². The molecule has 0 bridgehead atoms. The number of benzene rings is 2. The van der Waals surface area contributed by atoms with Crippen LogP contribution in [0, 0.1) is 20.8 Å². The molecule has 2 nitrogen and oxygen atoms in total. The fourth-order valence-corrected chi connectivity index (χ4v) is 2.62. The summed E-state index contributed by atoms with van der Waals surface area (Å²) in [6, 6.07) is 12.0. The molecule has 2 rings (SSSR count). The number of aryl methyl sites for hydroxylation is 3. The highest BCUT2D eigenvalue weighted by atomic mass is 16.5. The molecule has 0 heterocycles. The summed E-state index contributed by atoms with van der Waals surface area (Å²) in [7, 11) is 0. The number of hydrogen-bond acceptors (Lipinski definition) is 2. The van der Waals surface area contributed by atoms with Gasteiger partial charge in [0.15, 0.2) is 0 Å². The highest BCUT2D eigenvalue weighted by Crippen LogP contribution is 2.28. The normalized spacial score (nSPS) is 10.4. The lowest BCUT2D eigenvalue weighted by Gasteiger charge is -2.12. The van der Waals surface area contributed by atoms with Crippen molar-refractivity contribution in [2.45, 2.75) is 27.7 Å². The Morgan fingerprint density at radius 2 is 1.55 bits per heavy atom. The third-order valence-corrected chi connectivity index (χ3v) is 3.36. The summed E-state index contributed by atoms with van der Waals surface area (Å²) in [5, 5.41) is 0. The van der Waals surface area contributed by atoms with Crippen LogP contribution in [-0.4, -0.2) is 12.6 Å². The predicted octanol–water partition coefficient (Wildman–Crippen LogP) is 4.46. The number of esters is 1. The van der Waals surface area contributed by atoms with Crippen LogP contribution in [-0.2, 0) is 4.74 Å². The van der Waals surface area contributed by atoms with Crippen molar-refractivity contribution in [2.24, 2.45) is 0 Å². The van der Waals surface area contributed by atoms with Gasteiger partial charge in [-0.15, -0.1) is 0 Å². The van der Waals surface area contributed by atoms with Gasteiger partial charge in [0.2, 0.25) is 0 Å². The minimum Gasteiger partial charge on any atom is -0.462 e. The van der Waals surface area contributed by atoms with Gasteiger partial charge in [0, 0.05) is 0 Å². The summed E-state index contributed by atoms with van der Waals surface area (Å²) in [6.07, 6.45) is 0. The molecule has 0 aliphatic carbocycles. The van der Waals surface area contributed by atoms with Crippen LogP contribution in [0.5, 0.6) is 0 Å². The fourth-order valence-electron chi connectivity index (χ4n) is 2.62. The molecule has 104 valence electrons. The van der Waals surface area contributed by atoms with Crippen molar-refractivity contribution in [3.63, 3.8) is 0 Å². The predicted molar refractivity (Wildman–Crippen MR) is 82.0 cm³/mol. The zero-order valence-corrected chi connectivity index (χ0v) is 12.5. The zero-order valence-electron chi connectivity index (χ0n) is 12.5. The molecule has 0 aliphatic rings. The van der Waals surface area contributed by atoms with Crippen molar-refractivity contribution >= 4 is 5.97 Å². The first-order valence-corrected chi connectivity index (χ1v) is 6.88. The Morgan fingerprint density at radius 1 is 1.00 bits per heavy atom. The topological polar surface area (TPSA) is 26.3 Å². The molecule has 0 fully saturated rings. The Morgan fingerprint density at radius 3 is 2.05 bits per heavy atom. The van der Waals surface area contributed by atoms with Crippen molar-refractivity contribution in [1.82, 2.24) is 0 Å². The van der Waals surface area contributed by atoms with Gasteiger partial charge >= 0.3 is 5.97 Å². The summed E-state index contributed by atoms with van der Waals surface area (Å²) >= 11 is 0. The van der Waals surface area contributed by atoms with Crippen LogP contribution in [0.2, 0.25) is 0 Å². The molecule has 0 saturated carbocycles. The molecule has 0 aromatic heterocycles. The van der Waals surface area contributed by atoms with E-state index in [-0.39, 0.29) is 5.97 Å². The monoisotopic (exact) mass is 268 g/mol. The summed E-state index contributed by atoms with van der Waals surface area (Å²) in [4.78, 5) is 11.6. The van der Waals surface area contributed by atoms with Gasteiger partial charge in [-0.25, -0.2) is 4.79 Å². The van der Waals surface area contributed by atoms with Crippen LogP contribution in [0.3, 0.4) is 0 Å². The van der Waals surface area contributed by atoms with E-state index in [0.717, 1.165) is 5.56 Å². The van der Waals surface area contributed by atoms with Crippen molar-refractivity contribution in [1.29, 1.82) is 0 Å². The van der Waals surface area contributed by atoms with E-state index in [1.165, 1.54) is 22.3 Å². The summed E-state index contributed by atoms with van der Waals surface area (Å²) in [5.41, 5.74) is 6.75. The van der Waals surface area contributed by atoms with E-state index in [1.54, 1.807) is 0 Å². The van der Waals surface area contributed by atoms with Crippen molar-refractivity contribution in [2.75, 3.05) is 6.61 Å². The average Bonchev–Trinajstić information content (AvgIpc) is 2.38. The van der Waals surface area contributed by atoms with E-state index in [4.69, 9.17) is 4.74 Å². The lowest BCUT2D eigenvalue weighted by atomic mass is 9.93. The minimum atomic E-state index is -0.267. The second-order valence-corrected chi connectivity index (χ2v) is 5.07. The van der Waals surface area contributed by atoms with Gasteiger partial charge in [0.25, 0.3) is 0 Å². The first-order valence-electron chi connectivity index (χ1n) is 6.88. The third-order valence-electron chi connectivity index (χ3n) is 3.36. The SMILES string of the molecule is CCOC(=O)c1ccc(-c2c(C)cc(C)cc2C)cc1. The van der Waals surface area contributed by atoms with E-state index < -0.39 is 0 Å². The molecule has 0 saturated heterocycles. The lowest BCUT2D eigenvalue weighted by molar-refractivity contribution is 0.0526. The van der Waals surface area contributed by atoms with Gasteiger partial charge in [0.05, 0.1) is 12.2 Å². The van der Waals surface area contributed by atoms with E-state index >= 15 is 0 Å². The molecule has 0 aliphatic heterocycles. The number of hydrogen-bond donors (Lipinski definition) is 0. The second kappa shape index (κ2) is 5.91. The summed E-state index contributed by atoms with van der Waals surface area (Å²) in [5.74, 6) is -0.267. The zero-order chi connectivity index (χ0) is 14.7. The molecule has 0 N–H and O–H groups in total. The standard InChI is InChI=1S/C18H20O2/c1-5-20-18(19)16-8-6-15(7-9-16)17-13(3)10-12(2)11-14(17)4/h6-11H,5H2,1-4H3. The van der Waals surface area contributed by atoms with Crippen molar-refractivity contribution in [3.05, 3.63) is 58.7 Å². The Balaban J connectivity index is 2.38. The van der Waals surface area contributed by atoms with Crippen LogP contribution in [0.4, 0.5) is 0 Å². The summed E-state index contributed by atoms with van der Waals surface area (Å²) < 4.78 is 5.00. The molecule has 0 unspecified atom stereocenters. The maximum Gasteiger partial charge on any atom is 0.338 e. The van der Waals surface area contributed by atoms with Crippen LogP contribution in [0.15, 0.2) is 36.4 Å². The number of ether oxygens (including phenoxy) is 1. The van der Waals surface area contributed by atoms with Gasteiger partial charge in [-0.1, -0.05) is 29.8 Å². The molecule has 0 radical (unpaired) electrons. The molecular formula is C18H20O2. The Bertz CT molecular complexity index is 601. The molecule has 0 spiro atoms. The smallest absolute Gasteiger partial charge is 0.338 e. The maximum absolute atomic E-state index is 11.6. The van der Waals surface area contributed by atoms with E-state index in [2.05, 4.69) is 32.9 Å². The quantitative estimate of drug-likeness (QED) is 0.768. The van der Waals surface area contributed by atoms with Crippen molar-refractivity contribution < 1.29 is 9.53 Å². The second-order valence-electron chi connectivity index (χ2n) is 5.07. The highest BCUT2D eigenvalue weighted by Gasteiger charge is 2.09. The molecule has 20 heavy (non-hydrogen) atoms. The highest BCUT2D eigenvalue weighted by molar-refractivity contribution is 5.90. The van der Waals surface area contributed by atoms with Crippen LogP contribution >= 0.6 is 0 Å². The average molecular weight is 268 g/mol. The maximum atomic E-state index is 11.6. The molecule has 2 aromatic rings. The van der Waals surface area contributed by atoms with Crippen LogP contribution < -0.4 is 0 Å². The Hall–Kier alpha value is -2.09. The number of rotatable bonds is 3. The molecule has 2 aromatic carbocycles. The number of carbonyl (C=O) groups is 1. The van der Waals surface area contributed by atoms with Gasteiger partial charge in [-0.3, -0.25) is 0 Å². The third kappa shape index (κ3) is 2.90. The van der Waals surface area contributed by atoms with E-state index in [0.29, 0.717) is 12.2 Å². The van der Waals surface area contributed by atoms with Gasteiger partial charge in [0.1, 0.15) is 0 Å². The lowest BCUT2D eigenvalue weighted by Crippen LogP contribution is -2.04. The molecule has 0 atom stereocenters. The largest absolute Gasteiger partial charge is 0.462 e. The first-order chi connectivity index (χ1) is 9.52. The van der Waals surface area contributed by atoms with Gasteiger partial charge in [-0.2, -0.15) is 0 Å².